The third kappa shape index (κ3) is 3.75. The number of methoxy groups -OCH3 is 1. The molecule has 0 amide bonds. The molecular formula is C14H19N3O5. The minimum absolute atomic E-state index is 0.253. The Morgan fingerprint density at radius 2 is 2.09 bits per heavy atom. The molecule has 2 N–H and O–H groups in total. The van der Waals surface area contributed by atoms with Gasteiger partial charge in [-0.2, -0.15) is 0 Å². The van der Waals surface area contributed by atoms with Gasteiger partial charge in [0.25, 0.3) is 0 Å². The highest BCUT2D eigenvalue weighted by Gasteiger charge is 2.45. The maximum Gasteiger partial charge on any atom is 0.184 e. The van der Waals surface area contributed by atoms with Crippen LogP contribution in [0.5, 0.6) is 0 Å². The lowest BCUT2D eigenvalue weighted by Gasteiger charge is -2.41. The molecule has 2 rings (SSSR count). The van der Waals surface area contributed by atoms with Crippen molar-refractivity contribution in [3.8, 4) is 0 Å². The average molecular weight is 309 g/mol. The summed E-state index contributed by atoms with van der Waals surface area (Å²) in [5.41, 5.74) is 9.63. The van der Waals surface area contributed by atoms with E-state index in [1.54, 1.807) is 0 Å². The van der Waals surface area contributed by atoms with E-state index in [1.165, 1.54) is 7.11 Å². The quantitative estimate of drug-likeness (QED) is 0.461. The SMILES string of the molecule is CO[C@@H]1OC(CO)[C@H](O)[C@H](N=[N+]=[N-])C1OCc1ccccc1. The molecule has 0 saturated carbocycles. The van der Waals surface area contributed by atoms with Crippen LogP contribution in [0.25, 0.3) is 10.4 Å². The van der Waals surface area contributed by atoms with Crippen molar-refractivity contribution < 1.29 is 24.4 Å². The first-order chi connectivity index (χ1) is 10.7. The van der Waals surface area contributed by atoms with E-state index in [0.717, 1.165) is 5.56 Å². The van der Waals surface area contributed by atoms with Gasteiger partial charge in [-0.3, -0.25) is 0 Å². The van der Waals surface area contributed by atoms with Crippen LogP contribution in [-0.4, -0.2) is 54.6 Å². The lowest BCUT2D eigenvalue weighted by molar-refractivity contribution is -0.279. The Bertz CT molecular complexity index is 508. The molecule has 8 nitrogen and oxygen atoms in total. The highest BCUT2D eigenvalue weighted by molar-refractivity contribution is 5.13. The third-order valence-corrected chi connectivity index (χ3v) is 3.53. The van der Waals surface area contributed by atoms with Gasteiger partial charge in [0.05, 0.1) is 25.4 Å². The van der Waals surface area contributed by atoms with E-state index in [1.807, 2.05) is 30.3 Å². The summed E-state index contributed by atoms with van der Waals surface area (Å²) in [4.78, 5) is 2.74. The van der Waals surface area contributed by atoms with E-state index >= 15 is 0 Å². The molecule has 1 saturated heterocycles. The van der Waals surface area contributed by atoms with Crippen LogP contribution >= 0.6 is 0 Å². The molecule has 1 aliphatic heterocycles. The standard InChI is InChI=1S/C14H19N3O5/c1-20-14-13(21-8-9-5-3-2-4-6-9)11(16-17-15)12(19)10(7-18)22-14/h2-6,10-14,18-19H,7-8H2,1H3/t10?,11-,12-,13?,14+/m0/s1. The third-order valence-electron chi connectivity index (χ3n) is 3.53. The lowest BCUT2D eigenvalue weighted by atomic mass is 9.97. The maximum absolute atomic E-state index is 10.2. The summed E-state index contributed by atoms with van der Waals surface area (Å²) in [5, 5.41) is 23.0. The Morgan fingerprint density at radius 3 is 2.68 bits per heavy atom. The van der Waals surface area contributed by atoms with E-state index in [-0.39, 0.29) is 6.61 Å². The zero-order chi connectivity index (χ0) is 15.9. The fourth-order valence-corrected chi connectivity index (χ4v) is 2.38. The van der Waals surface area contributed by atoms with Gasteiger partial charge in [-0.15, -0.1) is 0 Å². The van der Waals surface area contributed by atoms with Gasteiger partial charge in [0.1, 0.15) is 12.2 Å². The van der Waals surface area contributed by atoms with E-state index in [0.29, 0.717) is 0 Å². The summed E-state index contributed by atoms with van der Waals surface area (Å²) in [6.45, 7) is -0.160. The molecule has 1 aliphatic rings. The van der Waals surface area contributed by atoms with Crippen molar-refractivity contribution in [1.29, 1.82) is 0 Å². The number of ether oxygens (including phenoxy) is 3. The zero-order valence-electron chi connectivity index (χ0n) is 12.1. The second-order valence-corrected chi connectivity index (χ2v) is 4.91. The van der Waals surface area contributed by atoms with Crippen LogP contribution in [0.2, 0.25) is 0 Å². The van der Waals surface area contributed by atoms with Gasteiger partial charge in [0.15, 0.2) is 6.29 Å². The summed E-state index contributed by atoms with van der Waals surface area (Å²) in [6, 6.07) is 8.52. The Balaban J connectivity index is 2.14. The average Bonchev–Trinajstić information content (AvgIpc) is 2.56. The first-order valence-electron chi connectivity index (χ1n) is 6.88. The van der Waals surface area contributed by atoms with Crippen LogP contribution in [-0.2, 0) is 20.8 Å². The number of nitrogens with zero attached hydrogens (tertiary/aromatic N) is 3. The van der Waals surface area contributed by atoms with Gasteiger partial charge >= 0.3 is 0 Å². The highest BCUT2D eigenvalue weighted by atomic mass is 16.7. The molecule has 5 atom stereocenters. The maximum atomic E-state index is 10.2. The van der Waals surface area contributed by atoms with Crippen molar-refractivity contribution in [2.45, 2.75) is 37.3 Å². The van der Waals surface area contributed by atoms with Crippen molar-refractivity contribution in [2.24, 2.45) is 5.11 Å². The second-order valence-electron chi connectivity index (χ2n) is 4.91. The minimum atomic E-state index is -1.17. The number of rotatable bonds is 6. The molecule has 1 aromatic carbocycles. The summed E-state index contributed by atoms with van der Waals surface area (Å²) in [5.74, 6) is 0. The van der Waals surface area contributed by atoms with Gasteiger partial charge in [-0.25, -0.2) is 0 Å². The predicted octanol–water partition coefficient (Wildman–Crippen LogP) is 0.975. The molecule has 120 valence electrons. The first kappa shape index (κ1) is 16.7. The van der Waals surface area contributed by atoms with Crippen molar-refractivity contribution in [3.63, 3.8) is 0 Å². The molecule has 0 bridgehead atoms. The smallest absolute Gasteiger partial charge is 0.184 e. The van der Waals surface area contributed by atoms with Gasteiger partial charge in [-0.05, 0) is 11.1 Å². The fraction of sp³-hybridized carbons (Fsp3) is 0.571. The van der Waals surface area contributed by atoms with Crippen molar-refractivity contribution in [1.82, 2.24) is 0 Å². The molecule has 1 heterocycles. The highest BCUT2D eigenvalue weighted by Crippen LogP contribution is 2.27. The van der Waals surface area contributed by atoms with Crippen molar-refractivity contribution in [3.05, 3.63) is 46.3 Å². The minimum Gasteiger partial charge on any atom is -0.394 e. The van der Waals surface area contributed by atoms with E-state index < -0.39 is 37.3 Å². The summed E-state index contributed by atoms with van der Waals surface area (Å²) >= 11 is 0. The normalized spacial score (nSPS) is 31.5. The van der Waals surface area contributed by atoms with Crippen LogP contribution in [0.3, 0.4) is 0 Å². The van der Waals surface area contributed by atoms with Crippen LogP contribution in [0.4, 0.5) is 0 Å². The predicted molar refractivity (Wildman–Crippen MR) is 76.7 cm³/mol. The molecule has 0 spiro atoms. The van der Waals surface area contributed by atoms with Gasteiger partial charge < -0.3 is 24.4 Å². The first-order valence-corrected chi connectivity index (χ1v) is 6.88. The Morgan fingerprint density at radius 1 is 1.36 bits per heavy atom. The molecule has 0 radical (unpaired) electrons. The molecule has 0 aliphatic carbocycles. The molecule has 1 fully saturated rings. The topological polar surface area (TPSA) is 117 Å². The van der Waals surface area contributed by atoms with Crippen molar-refractivity contribution >= 4 is 0 Å². The van der Waals surface area contributed by atoms with Crippen LogP contribution in [0.15, 0.2) is 35.4 Å². The number of hydrogen-bond acceptors (Lipinski definition) is 6. The molecular weight excluding hydrogens is 290 g/mol. The number of aliphatic hydroxyl groups is 2. The van der Waals surface area contributed by atoms with Gasteiger partial charge in [-0.1, -0.05) is 35.4 Å². The molecule has 8 heteroatoms. The van der Waals surface area contributed by atoms with Gasteiger partial charge in [0.2, 0.25) is 0 Å². The number of benzene rings is 1. The van der Waals surface area contributed by atoms with Gasteiger partial charge in [0, 0.05) is 12.0 Å². The monoisotopic (exact) mass is 309 g/mol. The lowest BCUT2D eigenvalue weighted by Crippen LogP contribution is -2.59. The second kappa shape index (κ2) is 8.09. The van der Waals surface area contributed by atoms with E-state index in [9.17, 15) is 10.2 Å². The molecule has 0 aromatic heterocycles. The van der Waals surface area contributed by atoms with Crippen LogP contribution < -0.4 is 0 Å². The number of azide groups is 1. The fourth-order valence-electron chi connectivity index (χ4n) is 2.38. The summed E-state index contributed by atoms with van der Waals surface area (Å²) < 4.78 is 16.4. The molecule has 22 heavy (non-hydrogen) atoms. The Kier molecular flexibility index (Phi) is 6.14. The van der Waals surface area contributed by atoms with Crippen molar-refractivity contribution in [2.75, 3.05) is 13.7 Å². The summed E-state index contributed by atoms with van der Waals surface area (Å²) in [6.07, 6.45) is -3.69. The Labute approximate surface area is 127 Å². The Hall–Kier alpha value is -1.67. The number of aliphatic hydroxyl groups excluding tert-OH is 2. The largest absolute Gasteiger partial charge is 0.394 e. The molecule has 1 aromatic rings. The van der Waals surface area contributed by atoms with Crippen LogP contribution in [0, 0.1) is 0 Å². The van der Waals surface area contributed by atoms with E-state index in [4.69, 9.17) is 19.7 Å². The van der Waals surface area contributed by atoms with Crippen LogP contribution in [0.1, 0.15) is 5.56 Å². The summed E-state index contributed by atoms with van der Waals surface area (Å²) in [7, 11) is 1.42. The van der Waals surface area contributed by atoms with E-state index in [2.05, 4.69) is 10.0 Å². The number of hydrogen-bond donors (Lipinski definition) is 2. The molecule has 2 unspecified atom stereocenters. The zero-order valence-corrected chi connectivity index (χ0v) is 12.1.